The average molecular weight is 244 g/mol. The zero-order valence-corrected chi connectivity index (χ0v) is 9.86. The lowest BCUT2D eigenvalue weighted by molar-refractivity contribution is 0.0216. The summed E-state index contributed by atoms with van der Waals surface area (Å²) in [5, 5.41) is 10.4. The molecule has 1 nitrogen and oxygen atoms in total. The Morgan fingerprint density at radius 2 is 2.19 bits per heavy atom. The van der Waals surface area contributed by atoms with E-state index in [1.54, 1.807) is 11.8 Å². The van der Waals surface area contributed by atoms with Gasteiger partial charge in [-0.25, -0.2) is 8.78 Å². The lowest BCUT2D eigenvalue weighted by atomic mass is 9.85. The molecule has 1 aromatic rings. The van der Waals surface area contributed by atoms with E-state index < -0.39 is 17.2 Å². The fourth-order valence-electron chi connectivity index (χ4n) is 2.13. The third kappa shape index (κ3) is 1.96. The van der Waals surface area contributed by atoms with Crippen molar-refractivity contribution >= 4 is 11.8 Å². The lowest BCUT2D eigenvalue weighted by Gasteiger charge is -2.38. The molecule has 0 amide bonds. The van der Waals surface area contributed by atoms with Crippen molar-refractivity contribution in [2.75, 3.05) is 5.75 Å². The molecule has 1 aromatic carbocycles. The zero-order valence-electron chi connectivity index (χ0n) is 9.04. The van der Waals surface area contributed by atoms with Gasteiger partial charge < -0.3 is 5.11 Å². The van der Waals surface area contributed by atoms with E-state index in [0.717, 1.165) is 30.4 Å². The quantitative estimate of drug-likeness (QED) is 0.819. The van der Waals surface area contributed by atoms with Crippen LogP contribution in [0.15, 0.2) is 18.2 Å². The second kappa shape index (κ2) is 4.34. The first kappa shape index (κ1) is 11.9. The van der Waals surface area contributed by atoms with Gasteiger partial charge in [-0.1, -0.05) is 6.92 Å². The molecule has 1 N–H and O–H groups in total. The van der Waals surface area contributed by atoms with Crippen molar-refractivity contribution in [3.05, 3.63) is 35.4 Å². The first-order valence-electron chi connectivity index (χ1n) is 5.33. The lowest BCUT2D eigenvalue weighted by Crippen LogP contribution is -2.39. The minimum Gasteiger partial charge on any atom is -0.384 e. The van der Waals surface area contributed by atoms with Crippen LogP contribution in [0.3, 0.4) is 0 Å². The van der Waals surface area contributed by atoms with Crippen molar-refractivity contribution in [3.63, 3.8) is 0 Å². The number of benzene rings is 1. The van der Waals surface area contributed by atoms with Crippen molar-refractivity contribution in [1.82, 2.24) is 0 Å². The Balaban J connectivity index is 2.44. The van der Waals surface area contributed by atoms with E-state index in [2.05, 4.69) is 0 Å². The second-order valence-corrected chi connectivity index (χ2v) is 5.61. The minimum absolute atomic E-state index is 0.0900. The number of rotatable bonds is 1. The van der Waals surface area contributed by atoms with Gasteiger partial charge in [0.15, 0.2) is 0 Å². The molecule has 1 aliphatic rings. The number of thioether (sulfide) groups is 1. The third-order valence-corrected chi connectivity index (χ3v) is 4.55. The van der Waals surface area contributed by atoms with Crippen molar-refractivity contribution in [3.8, 4) is 0 Å². The highest BCUT2D eigenvalue weighted by molar-refractivity contribution is 8.00. The number of aliphatic hydroxyl groups is 1. The van der Waals surface area contributed by atoms with Crippen LogP contribution in [-0.4, -0.2) is 16.1 Å². The molecule has 2 rings (SSSR count). The molecule has 4 heteroatoms. The Hall–Kier alpha value is -0.610. The highest BCUT2D eigenvalue weighted by atomic mass is 32.2. The fraction of sp³-hybridized carbons (Fsp3) is 0.500. The Morgan fingerprint density at radius 1 is 1.44 bits per heavy atom. The van der Waals surface area contributed by atoms with Crippen LogP contribution in [0.25, 0.3) is 0 Å². The molecule has 0 aliphatic carbocycles. The van der Waals surface area contributed by atoms with E-state index >= 15 is 0 Å². The summed E-state index contributed by atoms with van der Waals surface area (Å²) >= 11 is 1.60. The SMILES string of the molecule is CC1SCCCC1(O)c1cc(F)ccc1F. The molecule has 1 fully saturated rings. The van der Waals surface area contributed by atoms with Crippen molar-refractivity contribution in [2.45, 2.75) is 30.6 Å². The van der Waals surface area contributed by atoms with Crippen molar-refractivity contribution < 1.29 is 13.9 Å². The molecule has 1 heterocycles. The van der Waals surface area contributed by atoms with Crippen molar-refractivity contribution in [1.29, 1.82) is 0 Å². The summed E-state index contributed by atoms with van der Waals surface area (Å²) < 4.78 is 26.8. The van der Waals surface area contributed by atoms with E-state index in [1.165, 1.54) is 0 Å². The van der Waals surface area contributed by atoms with E-state index in [0.29, 0.717) is 6.42 Å². The summed E-state index contributed by atoms with van der Waals surface area (Å²) in [6, 6.07) is 3.26. The van der Waals surface area contributed by atoms with Crippen LogP contribution in [-0.2, 0) is 5.60 Å². The molecule has 0 aromatic heterocycles. The van der Waals surface area contributed by atoms with Crippen LogP contribution >= 0.6 is 11.8 Å². The first-order valence-corrected chi connectivity index (χ1v) is 6.38. The molecule has 88 valence electrons. The Kier molecular flexibility index (Phi) is 3.22. The third-order valence-electron chi connectivity index (χ3n) is 3.14. The molecular weight excluding hydrogens is 230 g/mol. The standard InChI is InChI=1S/C12H14F2OS/c1-8-12(15,5-2-6-16-8)10-7-9(13)3-4-11(10)14/h3-4,7-8,15H,2,5-6H2,1H3. The van der Waals surface area contributed by atoms with E-state index in [9.17, 15) is 13.9 Å². The van der Waals surface area contributed by atoms with Gasteiger partial charge in [0, 0.05) is 10.8 Å². The predicted molar refractivity (Wildman–Crippen MR) is 61.4 cm³/mol. The molecule has 0 bridgehead atoms. The smallest absolute Gasteiger partial charge is 0.129 e. The molecule has 2 unspecified atom stereocenters. The van der Waals surface area contributed by atoms with Gasteiger partial charge in [-0.15, -0.1) is 0 Å². The van der Waals surface area contributed by atoms with Crippen LogP contribution in [0, 0.1) is 11.6 Å². The molecule has 1 saturated heterocycles. The summed E-state index contributed by atoms with van der Waals surface area (Å²) in [7, 11) is 0. The van der Waals surface area contributed by atoms with Crippen LogP contribution in [0.5, 0.6) is 0 Å². The first-order chi connectivity index (χ1) is 7.54. The predicted octanol–water partition coefficient (Wildman–Crippen LogP) is 3.07. The van der Waals surface area contributed by atoms with Gasteiger partial charge in [-0.05, 0) is 36.8 Å². The van der Waals surface area contributed by atoms with Gasteiger partial charge in [0.2, 0.25) is 0 Å². The van der Waals surface area contributed by atoms with E-state index in [1.807, 2.05) is 6.92 Å². The van der Waals surface area contributed by atoms with Gasteiger partial charge in [-0.3, -0.25) is 0 Å². The average Bonchev–Trinajstić information content (AvgIpc) is 2.26. The van der Waals surface area contributed by atoms with Crippen LogP contribution in [0.2, 0.25) is 0 Å². The Morgan fingerprint density at radius 3 is 2.88 bits per heavy atom. The Labute approximate surface area is 97.9 Å². The summed E-state index contributed by atoms with van der Waals surface area (Å²) in [5.74, 6) is -0.0775. The van der Waals surface area contributed by atoms with Crippen LogP contribution in [0.1, 0.15) is 25.3 Å². The molecule has 0 saturated carbocycles. The highest BCUT2D eigenvalue weighted by Gasteiger charge is 2.40. The molecule has 1 aliphatic heterocycles. The van der Waals surface area contributed by atoms with Gasteiger partial charge in [-0.2, -0.15) is 11.8 Å². The fourth-order valence-corrected chi connectivity index (χ4v) is 3.31. The van der Waals surface area contributed by atoms with Gasteiger partial charge in [0.1, 0.15) is 17.2 Å². The van der Waals surface area contributed by atoms with E-state index in [-0.39, 0.29) is 10.8 Å². The van der Waals surface area contributed by atoms with E-state index in [4.69, 9.17) is 0 Å². The molecular formula is C12H14F2OS. The second-order valence-electron chi connectivity index (χ2n) is 4.16. The maximum Gasteiger partial charge on any atom is 0.129 e. The maximum absolute atomic E-state index is 13.6. The topological polar surface area (TPSA) is 20.2 Å². The van der Waals surface area contributed by atoms with Crippen LogP contribution < -0.4 is 0 Å². The molecule has 16 heavy (non-hydrogen) atoms. The molecule has 2 atom stereocenters. The zero-order chi connectivity index (χ0) is 11.8. The monoisotopic (exact) mass is 244 g/mol. The summed E-state index contributed by atoms with van der Waals surface area (Å²) in [4.78, 5) is 0. The van der Waals surface area contributed by atoms with Crippen molar-refractivity contribution in [2.24, 2.45) is 0 Å². The molecule has 0 radical (unpaired) electrons. The number of hydrogen-bond donors (Lipinski definition) is 1. The largest absolute Gasteiger partial charge is 0.384 e. The summed E-state index contributed by atoms with van der Waals surface area (Å²) in [6.45, 7) is 1.86. The van der Waals surface area contributed by atoms with Gasteiger partial charge in [0.25, 0.3) is 0 Å². The summed E-state index contributed by atoms with van der Waals surface area (Å²) in [5.41, 5.74) is -1.15. The van der Waals surface area contributed by atoms with Gasteiger partial charge in [0.05, 0.1) is 0 Å². The Bertz CT molecular complexity index is 397. The highest BCUT2D eigenvalue weighted by Crippen LogP contribution is 2.42. The molecule has 0 spiro atoms. The maximum atomic E-state index is 13.6. The normalized spacial score (nSPS) is 30.4. The number of halogens is 2. The summed E-state index contributed by atoms with van der Waals surface area (Å²) in [6.07, 6.45) is 1.31. The van der Waals surface area contributed by atoms with Crippen LogP contribution in [0.4, 0.5) is 8.78 Å². The minimum atomic E-state index is -1.24. The number of hydrogen-bond acceptors (Lipinski definition) is 2. The van der Waals surface area contributed by atoms with Gasteiger partial charge >= 0.3 is 0 Å².